The van der Waals surface area contributed by atoms with E-state index >= 15 is 0 Å². The molecule has 1 N–H and O–H groups in total. The molecule has 0 aromatic heterocycles. The SMILES string of the molecule is CCNC(=NCc1ccc(OCC)c(F)c1)N1CCC(C(=O)OCC)CC1.I. The maximum absolute atomic E-state index is 14.0. The van der Waals surface area contributed by atoms with Crippen LogP contribution in [0.1, 0.15) is 39.2 Å². The summed E-state index contributed by atoms with van der Waals surface area (Å²) < 4.78 is 24.3. The van der Waals surface area contributed by atoms with Gasteiger partial charge in [0.1, 0.15) is 0 Å². The molecule has 0 atom stereocenters. The van der Waals surface area contributed by atoms with E-state index in [-0.39, 0.29) is 47.4 Å². The van der Waals surface area contributed by atoms with E-state index in [1.165, 1.54) is 6.07 Å². The van der Waals surface area contributed by atoms with Crippen molar-refractivity contribution in [3.05, 3.63) is 29.6 Å². The molecule has 0 amide bonds. The molecule has 1 aromatic rings. The number of benzene rings is 1. The Morgan fingerprint density at radius 3 is 2.54 bits per heavy atom. The van der Waals surface area contributed by atoms with Crippen LogP contribution in [0.4, 0.5) is 4.39 Å². The Hall–Kier alpha value is -1.58. The van der Waals surface area contributed by atoms with Crippen molar-refractivity contribution in [2.24, 2.45) is 10.9 Å². The second-order valence-electron chi connectivity index (χ2n) is 6.38. The van der Waals surface area contributed by atoms with Crippen LogP contribution in [0.2, 0.25) is 0 Å². The Morgan fingerprint density at radius 2 is 1.96 bits per heavy atom. The Morgan fingerprint density at radius 1 is 1.25 bits per heavy atom. The minimum absolute atomic E-state index is 0. The van der Waals surface area contributed by atoms with Gasteiger partial charge < -0.3 is 19.7 Å². The quantitative estimate of drug-likeness (QED) is 0.265. The normalized spacial score (nSPS) is 15.0. The van der Waals surface area contributed by atoms with E-state index in [2.05, 4.69) is 15.2 Å². The molecule has 1 fully saturated rings. The van der Waals surface area contributed by atoms with E-state index in [4.69, 9.17) is 9.47 Å². The third kappa shape index (κ3) is 7.10. The molecule has 0 spiro atoms. The predicted molar refractivity (Wildman–Crippen MR) is 119 cm³/mol. The van der Waals surface area contributed by atoms with Crippen LogP contribution < -0.4 is 10.1 Å². The topological polar surface area (TPSA) is 63.2 Å². The van der Waals surface area contributed by atoms with Gasteiger partial charge in [-0.1, -0.05) is 6.07 Å². The van der Waals surface area contributed by atoms with Crippen LogP contribution in [-0.4, -0.2) is 49.7 Å². The monoisotopic (exact) mass is 507 g/mol. The van der Waals surface area contributed by atoms with Gasteiger partial charge in [-0.3, -0.25) is 4.79 Å². The number of carbonyl (C=O) groups is 1. The first-order valence-electron chi connectivity index (χ1n) is 9.70. The second kappa shape index (κ2) is 12.8. The number of likely N-dealkylation sites (tertiary alicyclic amines) is 1. The lowest BCUT2D eigenvalue weighted by atomic mass is 9.97. The summed E-state index contributed by atoms with van der Waals surface area (Å²) in [5.41, 5.74) is 0.785. The summed E-state index contributed by atoms with van der Waals surface area (Å²) in [6.07, 6.45) is 1.50. The second-order valence-corrected chi connectivity index (χ2v) is 6.38. The minimum Gasteiger partial charge on any atom is -0.491 e. The van der Waals surface area contributed by atoms with Crippen LogP contribution >= 0.6 is 24.0 Å². The molecule has 0 bridgehead atoms. The average molecular weight is 507 g/mol. The molecule has 28 heavy (non-hydrogen) atoms. The van der Waals surface area contributed by atoms with Crippen molar-refractivity contribution in [3.8, 4) is 5.75 Å². The summed E-state index contributed by atoms with van der Waals surface area (Å²) in [5, 5.41) is 3.28. The highest BCUT2D eigenvalue weighted by molar-refractivity contribution is 14.0. The molecule has 0 saturated carbocycles. The van der Waals surface area contributed by atoms with Crippen LogP contribution in [0.15, 0.2) is 23.2 Å². The molecule has 2 rings (SSSR count). The third-order valence-electron chi connectivity index (χ3n) is 4.46. The molecule has 6 nitrogen and oxygen atoms in total. The summed E-state index contributed by atoms with van der Waals surface area (Å²) in [5.74, 6) is 0.533. The summed E-state index contributed by atoms with van der Waals surface area (Å²) in [4.78, 5) is 18.7. The summed E-state index contributed by atoms with van der Waals surface area (Å²) in [7, 11) is 0. The zero-order valence-electron chi connectivity index (χ0n) is 16.9. The van der Waals surface area contributed by atoms with Crippen molar-refractivity contribution < 1.29 is 18.7 Å². The third-order valence-corrected chi connectivity index (χ3v) is 4.46. The molecular weight excluding hydrogens is 476 g/mol. The van der Waals surface area contributed by atoms with Gasteiger partial charge in [-0.05, 0) is 51.3 Å². The van der Waals surface area contributed by atoms with Crippen LogP contribution in [0, 0.1) is 11.7 Å². The number of ether oxygens (including phenoxy) is 2. The molecule has 1 aliphatic heterocycles. The molecule has 1 aromatic carbocycles. The van der Waals surface area contributed by atoms with E-state index in [0.29, 0.717) is 19.8 Å². The fraction of sp³-hybridized carbons (Fsp3) is 0.600. The van der Waals surface area contributed by atoms with Gasteiger partial charge in [0.25, 0.3) is 0 Å². The maximum atomic E-state index is 14.0. The number of nitrogens with one attached hydrogen (secondary N) is 1. The van der Waals surface area contributed by atoms with Crippen LogP contribution in [0.3, 0.4) is 0 Å². The predicted octanol–water partition coefficient (Wildman–Crippen LogP) is 3.58. The smallest absolute Gasteiger partial charge is 0.309 e. The standard InChI is InChI=1S/C20H30FN3O3.HI/c1-4-22-20(24-11-9-16(10-12-24)19(25)27-6-3)23-14-15-7-8-18(26-5-2)17(21)13-15;/h7-8,13,16H,4-6,9-12,14H2,1-3H3,(H,22,23);1H. The van der Waals surface area contributed by atoms with Crippen molar-refractivity contribution in [2.45, 2.75) is 40.2 Å². The van der Waals surface area contributed by atoms with Gasteiger partial charge in [0.05, 0.1) is 25.7 Å². The number of hydrogen-bond acceptors (Lipinski definition) is 4. The highest BCUT2D eigenvalue weighted by Gasteiger charge is 2.27. The molecule has 158 valence electrons. The van der Waals surface area contributed by atoms with E-state index < -0.39 is 0 Å². The molecule has 8 heteroatoms. The lowest BCUT2D eigenvalue weighted by molar-refractivity contribution is -0.149. The minimum atomic E-state index is -0.371. The lowest BCUT2D eigenvalue weighted by Crippen LogP contribution is -2.46. The van der Waals surface area contributed by atoms with Gasteiger partial charge in [-0.15, -0.1) is 24.0 Å². The fourth-order valence-electron chi connectivity index (χ4n) is 3.09. The number of aliphatic imine (C=N–C) groups is 1. The van der Waals surface area contributed by atoms with Gasteiger partial charge in [0.15, 0.2) is 17.5 Å². The highest BCUT2D eigenvalue weighted by atomic mass is 127. The zero-order valence-corrected chi connectivity index (χ0v) is 19.2. The summed E-state index contributed by atoms with van der Waals surface area (Å²) in [6, 6.07) is 4.93. The highest BCUT2D eigenvalue weighted by Crippen LogP contribution is 2.20. The molecule has 1 aliphatic rings. The van der Waals surface area contributed by atoms with Gasteiger partial charge in [-0.25, -0.2) is 9.38 Å². The number of piperidine rings is 1. The Kier molecular flexibility index (Phi) is 11.2. The van der Waals surface area contributed by atoms with Crippen LogP contribution in [0.25, 0.3) is 0 Å². The zero-order chi connectivity index (χ0) is 19.6. The number of halogens is 2. The van der Waals surface area contributed by atoms with E-state index in [1.807, 2.05) is 26.8 Å². The number of guanidine groups is 1. The first kappa shape index (κ1) is 24.5. The van der Waals surface area contributed by atoms with Gasteiger partial charge in [0.2, 0.25) is 0 Å². The molecular formula is C20H31FIN3O3. The Bertz CT molecular complexity index is 650. The van der Waals surface area contributed by atoms with Gasteiger partial charge in [0, 0.05) is 19.6 Å². The van der Waals surface area contributed by atoms with Crippen LogP contribution in [-0.2, 0) is 16.1 Å². The number of carbonyl (C=O) groups excluding carboxylic acids is 1. The fourth-order valence-corrected chi connectivity index (χ4v) is 3.09. The summed E-state index contributed by atoms with van der Waals surface area (Å²) in [6.45, 7) is 9.12. The van der Waals surface area contributed by atoms with E-state index in [9.17, 15) is 9.18 Å². The van der Waals surface area contributed by atoms with E-state index in [0.717, 1.165) is 44.0 Å². The molecule has 1 saturated heterocycles. The largest absolute Gasteiger partial charge is 0.491 e. The lowest BCUT2D eigenvalue weighted by Gasteiger charge is -2.33. The average Bonchev–Trinajstić information content (AvgIpc) is 2.67. The Labute approximate surface area is 183 Å². The molecule has 0 unspecified atom stereocenters. The number of rotatable bonds is 7. The number of nitrogens with zero attached hydrogens (tertiary/aromatic N) is 2. The number of hydrogen-bond donors (Lipinski definition) is 1. The Balaban J connectivity index is 0.00000392. The van der Waals surface area contributed by atoms with Crippen molar-refractivity contribution in [1.82, 2.24) is 10.2 Å². The summed E-state index contributed by atoms with van der Waals surface area (Å²) >= 11 is 0. The number of esters is 1. The maximum Gasteiger partial charge on any atom is 0.309 e. The molecule has 0 radical (unpaired) electrons. The van der Waals surface area contributed by atoms with Gasteiger partial charge >= 0.3 is 5.97 Å². The van der Waals surface area contributed by atoms with Gasteiger partial charge in [-0.2, -0.15) is 0 Å². The first-order chi connectivity index (χ1) is 13.1. The van der Waals surface area contributed by atoms with Crippen LogP contribution in [0.5, 0.6) is 5.75 Å². The van der Waals surface area contributed by atoms with Crippen molar-refractivity contribution >= 4 is 35.9 Å². The van der Waals surface area contributed by atoms with E-state index in [1.54, 1.807) is 6.07 Å². The van der Waals surface area contributed by atoms with Crippen molar-refractivity contribution in [3.63, 3.8) is 0 Å². The molecule has 1 heterocycles. The van der Waals surface area contributed by atoms with Crippen molar-refractivity contribution in [2.75, 3.05) is 32.8 Å². The van der Waals surface area contributed by atoms with Crippen molar-refractivity contribution in [1.29, 1.82) is 0 Å². The molecule has 0 aliphatic carbocycles. The first-order valence-corrected chi connectivity index (χ1v) is 9.70.